The highest BCUT2D eigenvalue weighted by Crippen LogP contribution is 2.25. The van der Waals surface area contributed by atoms with Crippen LogP contribution in [0.4, 0.5) is 0 Å². The predicted molar refractivity (Wildman–Crippen MR) is 65.8 cm³/mol. The molecule has 0 spiro atoms. The van der Waals surface area contributed by atoms with Gasteiger partial charge in [-0.2, -0.15) is 0 Å². The predicted octanol–water partition coefficient (Wildman–Crippen LogP) is 2.57. The lowest BCUT2D eigenvalue weighted by atomic mass is 9.93. The van der Waals surface area contributed by atoms with Gasteiger partial charge >= 0.3 is 11.9 Å². The van der Waals surface area contributed by atoms with E-state index in [9.17, 15) is 9.59 Å². The topological polar surface area (TPSA) is 63.6 Å². The van der Waals surface area contributed by atoms with Gasteiger partial charge in [-0.05, 0) is 17.7 Å². The molecule has 1 aromatic rings. The van der Waals surface area contributed by atoms with Gasteiger partial charge in [0.1, 0.15) is 0 Å². The molecule has 5 heteroatoms. The minimum absolute atomic E-state index is 0.0738. The number of benzene rings is 1. The zero-order chi connectivity index (χ0) is 12.8. The molecular formula is C12H13BrO4. The van der Waals surface area contributed by atoms with Gasteiger partial charge in [0, 0.05) is 10.4 Å². The van der Waals surface area contributed by atoms with Gasteiger partial charge < -0.3 is 9.84 Å². The molecule has 0 radical (unpaired) electrons. The summed E-state index contributed by atoms with van der Waals surface area (Å²) in [6.45, 7) is 0. The summed E-state index contributed by atoms with van der Waals surface area (Å²) in [5.41, 5.74) is 0.820. The summed E-state index contributed by atoms with van der Waals surface area (Å²) in [6.07, 6.45) is -0.0127. The molecular weight excluding hydrogens is 288 g/mol. The van der Waals surface area contributed by atoms with E-state index in [-0.39, 0.29) is 18.8 Å². The Bertz CT molecular complexity index is 399. The van der Waals surface area contributed by atoms with Crippen LogP contribution < -0.4 is 0 Å². The van der Waals surface area contributed by atoms with Crippen LogP contribution in [0.1, 0.15) is 24.3 Å². The molecule has 0 fully saturated rings. The number of carbonyl (C=O) groups is 2. The van der Waals surface area contributed by atoms with Gasteiger partial charge in [-0.1, -0.05) is 28.1 Å². The molecule has 1 unspecified atom stereocenters. The highest BCUT2D eigenvalue weighted by molar-refractivity contribution is 9.10. The number of rotatable bonds is 5. The first-order valence-electron chi connectivity index (χ1n) is 5.07. The zero-order valence-electron chi connectivity index (χ0n) is 9.35. The van der Waals surface area contributed by atoms with Crippen molar-refractivity contribution in [2.24, 2.45) is 0 Å². The van der Waals surface area contributed by atoms with Crippen molar-refractivity contribution < 1.29 is 19.4 Å². The Morgan fingerprint density at radius 3 is 2.35 bits per heavy atom. The van der Waals surface area contributed by atoms with Crippen LogP contribution in [0.2, 0.25) is 0 Å². The van der Waals surface area contributed by atoms with Crippen molar-refractivity contribution in [3.8, 4) is 0 Å². The maximum atomic E-state index is 11.2. The molecule has 4 nitrogen and oxygen atoms in total. The van der Waals surface area contributed by atoms with Gasteiger partial charge in [0.25, 0.3) is 0 Å². The number of esters is 1. The Hall–Kier alpha value is -1.36. The van der Waals surface area contributed by atoms with Crippen molar-refractivity contribution >= 4 is 27.9 Å². The number of hydrogen-bond acceptors (Lipinski definition) is 3. The molecule has 0 aliphatic heterocycles. The quantitative estimate of drug-likeness (QED) is 0.849. The molecule has 0 aromatic heterocycles. The summed E-state index contributed by atoms with van der Waals surface area (Å²) in [6, 6.07) is 7.25. The van der Waals surface area contributed by atoms with E-state index < -0.39 is 11.9 Å². The van der Waals surface area contributed by atoms with E-state index in [0.29, 0.717) is 0 Å². The SMILES string of the molecule is COC(=O)CC(CC(=O)O)c1ccc(Br)cc1. The Morgan fingerprint density at radius 2 is 1.88 bits per heavy atom. The summed E-state index contributed by atoms with van der Waals surface area (Å²) in [4.78, 5) is 22.0. The summed E-state index contributed by atoms with van der Waals surface area (Å²) >= 11 is 3.30. The van der Waals surface area contributed by atoms with Crippen LogP contribution in [0.15, 0.2) is 28.7 Å². The van der Waals surface area contributed by atoms with Crippen LogP contribution in [-0.4, -0.2) is 24.2 Å². The summed E-state index contributed by atoms with van der Waals surface area (Å²) in [5, 5.41) is 8.82. The summed E-state index contributed by atoms with van der Waals surface area (Å²) in [7, 11) is 1.29. The van der Waals surface area contributed by atoms with Crippen LogP contribution >= 0.6 is 15.9 Å². The van der Waals surface area contributed by atoms with Crippen molar-refractivity contribution in [3.05, 3.63) is 34.3 Å². The molecule has 1 atom stereocenters. The van der Waals surface area contributed by atoms with Crippen LogP contribution in [0.25, 0.3) is 0 Å². The van der Waals surface area contributed by atoms with Gasteiger partial charge in [0.05, 0.1) is 20.0 Å². The van der Waals surface area contributed by atoms with Crippen LogP contribution in [0.5, 0.6) is 0 Å². The van der Waals surface area contributed by atoms with E-state index in [2.05, 4.69) is 20.7 Å². The van der Waals surface area contributed by atoms with E-state index in [0.717, 1.165) is 10.0 Å². The molecule has 0 amide bonds. The third-order valence-electron chi connectivity index (χ3n) is 2.40. The molecule has 1 rings (SSSR count). The van der Waals surface area contributed by atoms with Crippen molar-refractivity contribution in [3.63, 3.8) is 0 Å². The second-order valence-corrected chi connectivity index (χ2v) is 4.54. The Labute approximate surface area is 108 Å². The Morgan fingerprint density at radius 1 is 1.29 bits per heavy atom. The van der Waals surface area contributed by atoms with Gasteiger partial charge in [0.15, 0.2) is 0 Å². The number of halogens is 1. The number of carboxylic acid groups (broad SMARTS) is 1. The van der Waals surface area contributed by atoms with E-state index in [1.54, 1.807) is 12.1 Å². The molecule has 0 heterocycles. The average Bonchev–Trinajstić information content (AvgIpc) is 2.28. The first kappa shape index (κ1) is 13.7. The van der Waals surface area contributed by atoms with E-state index in [1.165, 1.54) is 7.11 Å². The largest absolute Gasteiger partial charge is 0.481 e. The van der Waals surface area contributed by atoms with E-state index in [4.69, 9.17) is 5.11 Å². The fraction of sp³-hybridized carbons (Fsp3) is 0.333. The van der Waals surface area contributed by atoms with Gasteiger partial charge in [-0.3, -0.25) is 9.59 Å². The second-order valence-electron chi connectivity index (χ2n) is 3.63. The molecule has 0 saturated carbocycles. The highest BCUT2D eigenvalue weighted by Gasteiger charge is 2.19. The average molecular weight is 301 g/mol. The minimum Gasteiger partial charge on any atom is -0.481 e. The molecule has 0 bridgehead atoms. The normalized spacial score (nSPS) is 11.9. The van der Waals surface area contributed by atoms with Gasteiger partial charge in [-0.15, -0.1) is 0 Å². The zero-order valence-corrected chi connectivity index (χ0v) is 10.9. The smallest absolute Gasteiger partial charge is 0.306 e. The first-order valence-corrected chi connectivity index (χ1v) is 5.86. The molecule has 0 aliphatic carbocycles. The first-order chi connectivity index (χ1) is 8.02. The van der Waals surface area contributed by atoms with Gasteiger partial charge in [-0.25, -0.2) is 0 Å². The van der Waals surface area contributed by atoms with Crippen molar-refractivity contribution in [1.29, 1.82) is 0 Å². The van der Waals surface area contributed by atoms with E-state index in [1.807, 2.05) is 12.1 Å². The molecule has 0 aliphatic rings. The lowest BCUT2D eigenvalue weighted by molar-refractivity contribution is -0.141. The molecule has 0 saturated heterocycles. The number of methoxy groups -OCH3 is 1. The lowest BCUT2D eigenvalue weighted by Crippen LogP contribution is -2.12. The maximum absolute atomic E-state index is 11.2. The molecule has 92 valence electrons. The van der Waals surface area contributed by atoms with E-state index >= 15 is 0 Å². The molecule has 17 heavy (non-hydrogen) atoms. The van der Waals surface area contributed by atoms with Crippen molar-refractivity contribution in [1.82, 2.24) is 0 Å². The molecule has 1 N–H and O–H groups in total. The minimum atomic E-state index is -0.929. The Kier molecular flexibility index (Phi) is 5.15. The summed E-state index contributed by atoms with van der Waals surface area (Å²) < 4.78 is 5.48. The van der Waals surface area contributed by atoms with Gasteiger partial charge in [0.2, 0.25) is 0 Å². The lowest BCUT2D eigenvalue weighted by Gasteiger charge is -2.13. The fourth-order valence-corrected chi connectivity index (χ4v) is 1.80. The monoisotopic (exact) mass is 300 g/mol. The number of ether oxygens (including phenoxy) is 1. The van der Waals surface area contributed by atoms with Crippen molar-refractivity contribution in [2.45, 2.75) is 18.8 Å². The third-order valence-corrected chi connectivity index (χ3v) is 2.93. The maximum Gasteiger partial charge on any atom is 0.306 e. The van der Waals surface area contributed by atoms with Crippen LogP contribution in [0.3, 0.4) is 0 Å². The fourth-order valence-electron chi connectivity index (χ4n) is 1.54. The summed E-state index contributed by atoms with van der Waals surface area (Å²) in [5.74, 6) is -1.69. The number of hydrogen-bond donors (Lipinski definition) is 1. The van der Waals surface area contributed by atoms with Crippen LogP contribution in [0, 0.1) is 0 Å². The number of carbonyl (C=O) groups excluding carboxylic acids is 1. The Balaban J connectivity index is 2.85. The number of carboxylic acids is 1. The highest BCUT2D eigenvalue weighted by atomic mass is 79.9. The third kappa shape index (κ3) is 4.56. The van der Waals surface area contributed by atoms with Crippen LogP contribution in [-0.2, 0) is 14.3 Å². The molecule has 1 aromatic carbocycles. The number of aliphatic carboxylic acids is 1. The van der Waals surface area contributed by atoms with Crippen molar-refractivity contribution in [2.75, 3.05) is 7.11 Å². The standard InChI is InChI=1S/C12H13BrO4/c1-17-12(16)7-9(6-11(14)15)8-2-4-10(13)5-3-8/h2-5,9H,6-7H2,1H3,(H,14,15). The second kappa shape index (κ2) is 6.39.